The summed E-state index contributed by atoms with van der Waals surface area (Å²) in [6.07, 6.45) is 2.56. The van der Waals surface area contributed by atoms with Gasteiger partial charge in [-0.15, -0.1) is 0 Å². The van der Waals surface area contributed by atoms with Crippen LogP contribution in [0.15, 0.2) is 10.9 Å². The number of ether oxygens (including phenoxy) is 1. The van der Waals surface area contributed by atoms with Crippen molar-refractivity contribution in [1.29, 1.82) is 0 Å². The Labute approximate surface area is 113 Å². The monoisotopic (exact) mass is 270 g/mol. The number of nitrogens with one attached hydrogen (secondary N) is 2. The van der Waals surface area contributed by atoms with E-state index in [1.54, 1.807) is 0 Å². The Morgan fingerprint density at radius 1 is 1.37 bits per heavy atom. The molecule has 1 heterocycles. The molecule has 0 aliphatic carbocycles. The molecule has 7 nitrogen and oxygen atoms in total. The molecule has 7 heteroatoms. The van der Waals surface area contributed by atoms with E-state index in [0.717, 1.165) is 19.5 Å². The molecule has 108 valence electrons. The van der Waals surface area contributed by atoms with E-state index in [-0.39, 0.29) is 6.09 Å². The molecule has 0 bridgehead atoms. The number of aromatic nitrogens is 2. The number of nitrogens with zero attached hydrogens (tertiary/aromatic N) is 2. The van der Waals surface area contributed by atoms with Crippen LogP contribution in [0.4, 0.5) is 4.79 Å². The Morgan fingerprint density at radius 2 is 2.16 bits per heavy atom. The van der Waals surface area contributed by atoms with Crippen LogP contribution in [-0.4, -0.2) is 41.5 Å². The maximum atomic E-state index is 11.3. The predicted molar refractivity (Wildman–Crippen MR) is 69.7 cm³/mol. The van der Waals surface area contributed by atoms with Gasteiger partial charge in [0, 0.05) is 19.5 Å². The first-order valence-corrected chi connectivity index (χ1v) is 6.40. The fourth-order valence-corrected chi connectivity index (χ4v) is 1.34. The maximum Gasteiger partial charge on any atom is 0.407 e. The molecule has 2 N–H and O–H groups in total. The average Bonchev–Trinajstić information content (AvgIpc) is 2.78. The van der Waals surface area contributed by atoms with E-state index in [1.807, 2.05) is 20.8 Å². The molecule has 0 aliphatic rings. The van der Waals surface area contributed by atoms with Crippen molar-refractivity contribution in [2.24, 2.45) is 0 Å². The molecule has 0 aliphatic heterocycles. The van der Waals surface area contributed by atoms with Crippen LogP contribution >= 0.6 is 0 Å². The summed E-state index contributed by atoms with van der Waals surface area (Å²) < 4.78 is 9.98. The summed E-state index contributed by atoms with van der Waals surface area (Å²) in [7, 11) is 0. The lowest BCUT2D eigenvalue weighted by molar-refractivity contribution is 0.0527. The zero-order chi connectivity index (χ0) is 14.1. The lowest BCUT2D eigenvalue weighted by atomic mass is 10.2. The van der Waals surface area contributed by atoms with Crippen molar-refractivity contribution in [3.05, 3.63) is 12.2 Å². The first-order chi connectivity index (χ1) is 8.97. The minimum absolute atomic E-state index is 0.377. The van der Waals surface area contributed by atoms with Gasteiger partial charge in [-0.1, -0.05) is 5.16 Å². The van der Waals surface area contributed by atoms with Crippen LogP contribution in [0, 0.1) is 0 Å². The maximum absolute atomic E-state index is 11.3. The molecule has 1 aromatic heterocycles. The Morgan fingerprint density at radius 3 is 2.79 bits per heavy atom. The molecule has 0 spiro atoms. The van der Waals surface area contributed by atoms with Crippen LogP contribution in [0.3, 0.4) is 0 Å². The van der Waals surface area contributed by atoms with E-state index in [1.165, 1.54) is 6.33 Å². The van der Waals surface area contributed by atoms with Crippen LogP contribution in [0.1, 0.15) is 33.1 Å². The quantitative estimate of drug-likeness (QED) is 0.722. The van der Waals surface area contributed by atoms with Crippen molar-refractivity contribution >= 4 is 6.09 Å². The van der Waals surface area contributed by atoms with E-state index in [0.29, 0.717) is 18.9 Å². The van der Waals surface area contributed by atoms with E-state index < -0.39 is 5.60 Å². The second-order valence-electron chi connectivity index (χ2n) is 5.12. The Kier molecular flexibility index (Phi) is 6.27. The van der Waals surface area contributed by atoms with Gasteiger partial charge < -0.3 is 19.9 Å². The van der Waals surface area contributed by atoms with Gasteiger partial charge >= 0.3 is 6.09 Å². The van der Waals surface area contributed by atoms with Gasteiger partial charge in [0.2, 0.25) is 5.89 Å². The fourth-order valence-electron chi connectivity index (χ4n) is 1.34. The van der Waals surface area contributed by atoms with Crippen LogP contribution in [0.5, 0.6) is 0 Å². The summed E-state index contributed by atoms with van der Waals surface area (Å²) in [5, 5.41) is 9.45. The summed E-state index contributed by atoms with van der Waals surface area (Å²) in [6, 6.07) is 0. The second kappa shape index (κ2) is 7.73. The zero-order valence-corrected chi connectivity index (χ0v) is 11.7. The minimum Gasteiger partial charge on any atom is -0.444 e. The van der Waals surface area contributed by atoms with Crippen LogP contribution in [0.25, 0.3) is 0 Å². The summed E-state index contributed by atoms with van der Waals surface area (Å²) in [6.45, 7) is 7.68. The van der Waals surface area contributed by atoms with E-state index in [2.05, 4.69) is 20.8 Å². The summed E-state index contributed by atoms with van der Waals surface area (Å²) in [5.74, 6) is 0.624. The number of carbonyl (C=O) groups is 1. The molecule has 0 fully saturated rings. The molecular formula is C12H22N4O3. The second-order valence-corrected chi connectivity index (χ2v) is 5.12. The van der Waals surface area contributed by atoms with Crippen molar-refractivity contribution in [2.45, 2.75) is 39.2 Å². The standard InChI is InChI=1S/C12H22N4O3/c1-12(2,3)18-11(17)14-7-4-6-13-8-5-10-15-9-16-19-10/h9,13H,4-8H2,1-3H3,(H,14,17). The van der Waals surface area contributed by atoms with Crippen molar-refractivity contribution in [3.63, 3.8) is 0 Å². The number of carbonyl (C=O) groups excluding carboxylic acids is 1. The van der Waals surface area contributed by atoms with Crippen molar-refractivity contribution in [1.82, 2.24) is 20.8 Å². The molecule has 19 heavy (non-hydrogen) atoms. The van der Waals surface area contributed by atoms with E-state index >= 15 is 0 Å². The summed E-state index contributed by atoms with van der Waals surface area (Å²) >= 11 is 0. The topological polar surface area (TPSA) is 89.3 Å². The number of alkyl carbamates (subject to hydrolysis) is 1. The van der Waals surface area contributed by atoms with Gasteiger partial charge in [0.15, 0.2) is 6.33 Å². The Hall–Kier alpha value is -1.63. The highest BCUT2D eigenvalue weighted by Crippen LogP contribution is 2.06. The third kappa shape index (κ3) is 8.15. The molecular weight excluding hydrogens is 248 g/mol. The fraction of sp³-hybridized carbons (Fsp3) is 0.750. The lowest BCUT2D eigenvalue weighted by Gasteiger charge is -2.19. The Bertz CT molecular complexity index is 360. The van der Waals surface area contributed by atoms with Gasteiger partial charge in [0.05, 0.1) is 0 Å². The number of hydrogen-bond donors (Lipinski definition) is 2. The highest BCUT2D eigenvalue weighted by molar-refractivity contribution is 5.67. The largest absolute Gasteiger partial charge is 0.444 e. The normalized spacial score (nSPS) is 11.3. The van der Waals surface area contributed by atoms with Crippen molar-refractivity contribution in [3.8, 4) is 0 Å². The van der Waals surface area contributed by atoms with Gasteiger partial charge in [0.25, 0.3) is 0 Å². The van der Waals surface area contributed by atoms with Gasteiger partial charge in [-0.2, -0.15) is 4.98 Å². The third-order valence-electron chi connectivity index (χ3n) is 2.12. The first-order valence-electron chi connectivity index (χ1n) is 6.40. The number of hydrogen-bond acceptors (Lipinski definition) is 6. The summed E-state index contributed by atoms with van der Waals surface area (Å²) in [5.41, 5.74) is -0.452. The van der Waals surface area contributed by atoms with Crippen LogP contribution < -0.4 is 10.6 Å². The molecule has 0 saturated heterocycles. The van der Waals surface area contributed by atoms with E-state index in [9.17, 15) is 4.79 Å². The number of rotatable bonds is 7. The molecule has 0 aromatic carbocycles. The first kappa shape index (κ1) is 15.4. The Balaban J connectivity index is 1.92. The molecule has 1 aromatic rings. The molecule has 1 rings (SSSR count). The number of amides is 1. The van der Waals surface area contributed by atoms with Crippen molar-refractivity contribution in [2.75, 3.05) is 19.6 Å². The van der Waals surface area contributed by atoms with E-state index in [4.69, 9.17) is 9.26 Å². The highest BCUT2D eigenvalue weighted by Gasteiger charge is 2.15. The lowest BCUT2D eigenvalue weighted by Crippen LogP contribution is -2.34. The van der Waals surface area contributed by atoms with Crippen molar-refractivity contribution < 1.29 is 14.1 Å². The molecule has 0 radical (unpaired) electrons. The van der Waals surface area contributed by atoms with Gasteiger partial charge in [-0.25, -0.2) is 4.79 Å². The van der Waals surface area contributed by atoms with Crippen LogP contribution in [-0.2, 0) is 11.2 Å². The molecule has 0 unspecified atom stereocenters. The minimum atomic E-state index is -0.452. The van der Waals surface area contributed by atoms with Crippen LogP contribution in [0.2, 0.25) is 0 Å². The average molecular weight is 270 g/mol. The SMILES string of the molecule is CC(C)(C)OC(=O)NCCCNCCc1ncno1. The van der Waals surface area contributed by atoms with Gasteiger partial charge in [0.1, 0.15) is 5.60 Å². The van der Waals surface area contributed by atoms with Gasteiger partial charge in [-0.05, 0) is 33.7 Å². The molecule has 0 atom stereocenters. The predicted octanol–water partition coefficient (Wildman–Crippen LogP) is 1.12. The molecule has 0 saturated carbocycles. The highest BCUT2D eigenvalue weighted by atomic mass is 16.6. The molecule has 1 amide bonds. The summed E-state index contributed by atoms with van der Waals surface area (Å²) in [4.78, 5) is 15.2. The van der Waals surface area contributed by atoms with Gasteiger partial charge in [-0.3, -0.25) is 0 Å². The third-order valence-corrected chi connectivity index (χ3v) is 2.12. The smallest absolute Gasteiger partial charge is 0.407 e. The zero-order valence-electron chi connectivity index (χ0n) is 11.7.